The largest absolute Gasteiger partial charge is 0.355 e. The van der Waals surface area contributed by atoms with Crippen LogP contribution in [0.15, 0.2) is 77.8 Å². The zero-order chi connectivity index (χ0) is 14.1. The first-order valence-corrected chi connectivity index (χ1v) is 7.00. The maximum absolute atomic E-state index is 4.57. The minimum Gasteiger partial charge on any atom is -0.355 e. The molecular weight excluding hydrogens is 256 g/mol. The molecule has 0 saturated heterocycles. The van der Waals surface area contributed by atoms with Crippen molar-refractivity contribution in [3.05, 3.63) is 78.4 Å². The molecule has 0 amide bonds. The van der Waals surface area contributed by atoms with E-state index in [2.05, 4.69) is 40.3 Å². The van der Waals surface area contributed by atoms with Crippen LogP contribution in [-0.2, 0) is 0 Å². The van der Waals surface area contributed by atoms with Crippen molar-refractivity contribution < 1.29 is 0 Å². The van der Waals surface area contributed by atoms with Crippen LogP contribution in [0.1, 0.15) is 5.56 Å². The number of hydrogen-bond donors (Lipinski definition) is 1. The molecule has 4 aromatic rings. The highest BCUT2D eigenvalue weighted by molar-refractivity contribution is 6.08. The van der Waals surface area contributed by atoms with E-state index in [1.807, 2.05) is 48.7 Å². The lowest BCUT2D eigenvalue weighted by atomic mass is 10.1. The molecule has 0 bridgehead atoms. The third kappa shape index (κ3) is 2.21. The first-order chi connectivity index (χ1) is 10.4. The van der Waals surface area contributed by atoms with E-state index in [1.54, 1.807) is 0 Å². The maximum atomic E-state index is 4.57. The molecule has 0 aliphatic carbocycles. The predicted octanol–water partition coefficient (Wildman–Crippen LogP) is 5.07. The molecule has 1 N–H and O–H groups in total. The van der Waals surface area contributed by atoms with E-state index in [9.17, 15) is 0 Å². The van der Waals surface area contributed by atoms with Crippen LogP contribution in [0.2, 0.25) is 0 Å². The molecule has 0 atom stereocenters. The summed E-state index contributed by atoms with van der Waals surface area (Å²) in [6.45, 7) is 0. The second-order valence-electron chi connectivity index (χ2n) is 5.07. The average molecular weight is 270 g/mol. The number of aromatic nitrogens is 1. The van der Waals surface area contributed by atoms with Gasteiger partial charge in [0.1, 0.15) is 0 Å². The molecule has 0 unspecified atom stereocenters. The monoisotopic (exact) mass is 270 g/mol. The fourth-order valence-electron chi connectivity index (χ4n) is 2.60. The number of aromatic amines is 1. The van der Waals surface area contributed by atoms with Crippen LogP contribution in [0.3, 0.4) is 0 Å². The smallest absolute Gasteiger partial charge is 0.0637 e. The summed E-state index contributed by atoms with van der Waals surface area (Å²) in [7, 11) is 0. The van der Waals surface area contributed by atoms with Crippen molar-refractivity contribution in [1.29, 1.82) is 0 Å². The van der Waals surface area contributed by atoms with Gasteiger partial charge in [-0.2, -0.15) is 0 Å². The summed E-state index contributed by atoms with van der Waals surface area (Å²) in [6, 6.07) is 24.8. The number of H-pyrrole nitrogens is 1. The van der Waals surface area contributed by atoms with Crippen LogP contribution >= 0.6 is 0 Å². The van der Waals surface area contributed by atoms with Crippen molar-refractivity contribution in [3.63, 3.8) is 0 Å². The van der Waals surface area contributed by atoms with Gasteiger partial charge in [-0.1, -0.05) is 48.5 Å². The van der Waals surface area contributed by atoms with Gasteiger partial charge in [-0.05, 0) is 29.8 Å². The molecule has 3 aromatic carbocycles. The van der Waals surface area contributed by atoms with Gasteiger partial charge in [0.05, 0.1) is 5.69 Å². The molecule has 4 rings (SSSR count). The number of benzene rings is 3. The Kier molecular flexibility index (Phi) is 2.79. The number of hydrogen-bond acceptors (Lipinski definition) is 1. The number of nitrogens with one attached hydrogen (secondary N) is 1. The van der Waals surface area contributed by atoms with Gasteiger partial charge in [0.2, 0.25) is 0 Å². The van der Waals surface area contributed by atoms with Crippen molar-refractivity contribution in [2.75, 3.05) is 0 Å². The number of aliphatic imine (C=N–C) groups is 1. The zero-order valence-corrected chi connectivity index (χ0v) is 11.5. The molecule has 0 saturated carbocycles. The van der Waals surface area contributed by atoms with Crippen molar-refractivity contribution in [3.8, 4) is 0 Å². The van der Waals surface area contributed by atoms with Gasteiger partial charge in [-0.3, -0.25) is 4.99 Å². The summed E-state index contributed by atoms with van der Waals surface area (Å²) in [6.07, 6.45) is 1.90. The van der Waals surface area contributed by atoms with Gasteiger partial charge in [-0.25, -0.2) is 0 Å². The Morgan fingerprint density at radius 2 is 1.48 bits per heavy atom. The fraction of sp³-hybridized carbons (Fsp3) is 0. The van der Waals surface area contributed by atoms with E-state index in [4.69, 9.17) is 0 Å². The Balaban J connectivity index is 1.80. The highest BCUT2D eigenvalue weighted by Gasteiger charge is 2.03. The second-order valence-corrected chi connectivity index (χ2v) is 5.07. The van der Waals surface area contributed by atoms with Gasteiger partial charge in [0, 0.05) is 28.0 Å². The Hall–Kier alpha value is -2.87. The van der Waals surface area contributed by atoms with E-state index in [0.29, 0.717) is 0 Å². The SMILES string of the molecule is C(=Nc1ccc2[nH]c3ccccc3c2c1)c1ccccc1. The first kappa shape index (κ1) is 11.9. The predicted molar refractivity (Wildman–Crippen MR) is 89.5 cm³/mol. The minimum absolute atomic E-state index is 0.969. The third-order valence-electron chi connectivity index (χ3n) is 3.65. The van der Waals surface area contributed by atoms with E-state index in [1.165, 1.54) is 10.8 Å². The van der Waals surface area contributed by atoms with Gasteiger partial charge in [-0.15, -0.1) is 0 Å². The average Bonchev–Trinajstić information content (AvgIpc) is 2.92. The van der Waals surface area contributed by atoms with Crippen molar-refractivity contribution in [2.45, 2.75) is 0 Å². The number of rotatable bonds is 2. The Morgan fingerprint density at radius 1 is 0.714 bits per heavy atom. The van der Waals surface area contributed by atoms with Gasteiger partial charge in [0.25, 0.3) is 0 Å². The zero-order valence-electron chi connectivity index (χ0n) is 11.5. The van der Waals surface area contributed by atoms with Crippen LogP contribution in [0.25, 0.3) is 21.8 Å². The molecule has 2 heteroatoms. The lowest BCUT2D eigenvalue weighted by Gasteiger charge is -1.96. The molecule has 21 heavy (non-hydrogen) atoms. The topological polar surface area (TPSA) is 28.1 Å². The molecule has 0 radical (unpaired) electrons. The number of fused-ring (bicyclic) bond motifs is 3. The van der Waals surface area contributed by atoms with Crippen LogP contribution in [-0.4, -0.2) is 11.2 Å². The van der Waals surface area contributed by atoms with Crippen molar-refractivity contribution in [2.24, 2.45) is 4.99 Å². The molecule has 0 spiro atoms. The summed E-state index contributed by atoms with van der Waals surface area (Å²) in [5.41, 5.74) is 4.39. The highest BCUT2D eigenvalue weighted by atomic mass is 14.7. The van der Waals surface area contributed by atoms with E-state index in [-0.39, 0.29) is 0 Å². The first-order valence-electron chi connectivity index (χ1n) is 7.00. The third-order valence-corrected chi connectivity index (χ3v) is 3.65. The minimum atomic E-state index is 0.969. The summed E-state index contributed by atoms with van der Waals surface area (Å²) in [5.74, 6) is 0. The van der Waals surface area contributed by atoms with Gasteiger partial charge in [0.15, 0.2) is 0 Å². The van der Waals surface area contributed by atoms with Crippen molar-refractivity contribution >= 4 is 33.7 Å². The Bertz CT molecular complexity index is 934. The summed E-state index contributed by atoms with van der Waals surface area (Å²) < 4.78 is 0. The molecule has 1 heterocycles. The molecule has 0 aliphatic rings. The van der Waals surface area contributed by atoms with Crippen LogP contribution < -0.4 is 0 Å². The van der Waals surface area contributed by atoms with Crippen LogP contribution in [0.4, 0.5) is 5.69 Å². The molecule has 0 fully saturated rings. The standard InChI is InChI=1S/C19H14N2/c1-2-6-14(7-3-1)13-20-15-10-11-19-17(12-15)16-8-4-5-9-18(16)21-19/h1-13,21H. The summed E-state index contributed by atoms with van der Waals surface area (Å²) in [5, 5.41) is 2.46. The van der Waals surface area contributed by atoms with Gasteiger partial charge < -0.3 is 4.98 Å². The van der Waals surface area contributed by atoms with Gasteiger partial charge >= 0.3 is 0 Å². The molecule has 0 aliphatic heterocycles. The van der Waals surface area contributed by atoms with Crippen molar-refractivity contribution in [1.82, 2.24) is 4.98 Å². The van der Waals surface area contributed by atoms with Crippen LogP contribution in [0.5, 0.6) is 0 Å². The molecular formula is C19H14N2. The van der Waals surface area contributed by atoms with E-state index in [0.717, 1.165) is 22.3 Å². The van der Waals surface area contributed by atoms with E-state index < -0.39 is 0 Å². The lowest BCUT2D eigenvalue weighted by Crippen LogP contribution is -1.77. The molecule has 100 valence electrons. The molecule has 2 nitrogen and oxygen atoms in total. The number of nitrogens with zero attached hydrogens (tertiary/aromatic N) is 1. The Labute approximate surface area is 122 Å². The summed E-state index contributed by atoms with van der Waals surface area (Å²) >= 11 is 0. The normalized spacial score (nSPS) is 11.6. The maximum Gasteiger partial charge on any atom is 0.0637 e. The highest BCUT2D eigenvalue weighted by Crippen LogP contribution is 2.28. The Morgan fingerprint density at radius 3 is 2.38 bits per heavy atom. The fourth-order valence-corrected chi connectivity index (χ4v) is 2.60. The second kappa shape index (κ2) is 4.91. The lowest BCUT2D eigenvalue weighted by molar-refractivity contribution is 1.52. The quantitative estimate of drug-likeness (QED) is 0.492. The summed E-state index contributed by atoms with van der Waals surface area (Å²) in [4.78, 5) is 8.00. The van der Waals surface area contributed by atoms with Crippen LogP contribution in [0, 0.1) is 0 Å². The molecule has 1 aromatic heterocycles. The van der Waals surface area contributed by atoms with E-state index >= 15 is 0 Å². The number of para-hydroxylation sites is 1.